The van der Waals surface area contributed by atoms with Gasteiger partial charge in [0.2, 0.25) is 5.65 Å². The van der Waals surface area contributed by atoms with Gasteiger partial charge in [-0.25, -0.2) is 14.9 Å². The largest absolute Gasteiger partial charge is 0.428 e. The lowest BCUT2D eigenvalue weighted by Gasteiger charge is -2.10. The zero-order valence-corrected chi connectivity index (χ0v) is 19.1. The van der Waals surface area contributed by atoms with E-state index in [1.54, 1.807) is 12.4 Å². The maximum Gasteiger partial charge on any atom is 0.428 e. The minimum atomic E-state index is -0.338. The molecule has 0 saturated heterocycles. The Morgan fingerprint density at radius 1 is 1.12 bits per heavy atom. The SMILES string of the molecule is Cc1cc(-c2c(-c3ccccc3)nc(N)[n+]3c(=O)n(Cc4c(C)ncn4C)[nH]c23)cc(CO)n1. The molecule has 4 heterocycles. The number of nitrogens with two attached hydrogens (primary N) is 1. The molecule has 0 fully saturated rings. The van der Waals surface area contributed by atoms with Crippen molar-refractivity contribution >= 4 is 11.6 Å². The third-order valence-electron chi connectivity index (χ3n) is 5.90. The standard InChI is InChI=1S/C24H24N8O2/c1-14-9-17(10-18(12-33)27-14)20-21(16-7-5-4-6-8-16)28-23(25)32-22(20)29-31(24(32)34)11-19-15(2)26-13-30(19)3/h4-10,13,33H,11-12H2,1-3H3,(H2,25,27,28,29)/p+1. The minimum Gasteiger partial charge on any atom is -0.390 e. The lowest BCUT2D eigenvalue weighted by Crippen LogP contribution is -2.44. The van der Waals surface area contributed by atoms with Crippen LogP contribution in [0.1, 0.15) is 22.8 Å². The molecule has 10 nitrogen and oxygen atoms in total. The molecule has 0 aliphatic carbocycles. The Morgan fingerprint density at radius 3 is 2.56 bits per heavy atom. The van der Waals surface area contributed by atoms with Crippen LogP contribution in [-0.4, -0.2) is 34.4 Å². The molecule has 0 aliphatic heterocycles. The van der Waals surface area contributed by atoms with E-state index in [9.17, 15) is 9.90 Å². The molecule has 10 heteroatoms. The number of aliphatic hydroxyl groups is 1. The summed E-state index contributed by atoms with van der Waals surface area (Å²) in [6.45, 7) is 3.85. The summed E-state index contributed by atoms with van der Waals surface area (Å²) in [5, 5.41) is 13.0. The van der Waals surface area contributed by atoms with Crippen molar-refractivity contribution in [3.63, 3.8) is 0 Å². The first-order chi connectivity index (χ1) is 16.4. The Balaban J connectivity index is 1.84. The number of benzene rings is 1. The number of aliphatic hydroxyl groups excluding tert-OH is 1. The number of aromatic nitrogens is 7. The maximum absolute atomic E-state index is 13.4. The van der Waals surface area contributed by atoms with Crippen molar-refractivity contribution in [2.24, 2.45) is 7.05 Å². The number of rotatable bonds is 5. The molecule has 0 spiro atoms. The fraction of sp³-hybridized carbons (Fsp3) is 0.208. The van der Waals surface area contributed by atoms with Crippen LogP contribution in [0.2, 0.25) is 0 Å². The fourth-order valence-corrected chi connectivity index (χ4v) is 4.25. The van der Waals surface area contributed by atoms with Crippen LogP contribution < -0.4 is 15.8 Å². The Morgan fingerprint density at radius 2 is 1.88 bits per heavy atom. The molecule has 172 valence electrons. The molecule has 5 rings (SSSR count). The predicted molar refractivity (Wildman–Crippen MR) is 127 cm³/mol. The van der Waals surface area contributed by atoms with Crippen LogP contribution in [0.4, 0.5) is 5.95 Å². The summed E-state index contributed by atoms with van der Waals surface area (Å²) in [5.74, 6) is 0.0764. The highest BCUT2D eigenvalue weighted by molar-refractivity contribution is 5.88. The lowest BCUT2D eigenvalue weighted by molar-refractivity contribution is -0.516. The zero-order valence-electron chi connectivity index (χ0n) is 19.1. The van der Waals surface area contributed by atoms with Crippen molar-refractivity contribution in [2.75, 3.05) is 5.73 Å². The number of aryl methyl sites for hydroxylation is 3. The van der Waals surface area contributed by atoms with Gasteiger partial charge in [0.25, 0.3) is 0 Å². The molecular weight excluding hydrogens is 432 g/mol. The average molecular weight is 458 g/mol. The van der Waals surface area contributed by atoms with Crippen LogP contribution in [0.25, 0.3) is 28.0 Å². The molecular formula is C24H25N8O2+. The number of aromatic amines is 1. The number of imidazole rings is 1. The van der Waals surface area contributed by atoms with Gasteiger partial charge in [-0.15, -0.1) is 9.38 Å². The molecule has 0 aliphatic rings. The van der Waals surface area contributed by atoms with Gasteiger partial charge >= 0.3 is 11.6 Å². The highest BCUT2D eigenvalue weighted by Crippen LogP contribution is 2.33. The van der Waals surface area contributed by atoms with Crippen molar-refractivity contribution in [1.82, 2.24) is 29.3 Å². The van der Waals surface area contributed by atoms with E-state index >= 15 is 0 Å². The molecule has 4 N–H and O–H groups in total. The van der Waals surface area contributed by atoms with Gasteiger partial charge in [-0.3, -0.25) is 4.98 Å². The number of hydrogen-bond donors (Lipinski definition) is 3. The number of nitrogens with zero attached hydrogens (tertiary/aromatic N) is 6. The van der Waals surface area contributed by atoms with E-state index in [1.807, 2.05) is 61.9 Å². The average Bonchev–Trinajstić information content (AvgIpc) is 3.33. The zero-order chi connectivity index (χ0) is 24.0. The quantitative estimate of drug-likeness (QED) is 0.343. The molecule has 0 amide bonds. The van der Waals surface area contributed by atoms with Crippen molar-refractivity contribution in [3.05, 3.63) is 82.1 Å². The number of pyridine rings is 1. The van der Waals surface area contributed by atoms with E-state index in [4.69, 9.17) is 5.73 Å². The van der Waals surface area contributed by atoms with Crippen LogP contribution >= 0.6 is 0 Å². The van der Waals surface area contributed by atoms with E-state index in [1.165, 1.54) is 9.08 Å². The molecule has 4 aromatic heterocycles. The van der Waals surface area contributed by atoms with Crippen LogP contribution in [0.15, 0.2) is 53.6 Å². The first kappa shape index (κ1) is 21.5. The van der Waals surface area contributed by atoms with Gasteiger partial charge in [-0.2, -0.15) is 4.68 Å². The number of nitrogens with one attached hydrogen (secondary N) is 1. The van der Waals surface area contributed by atoms with Gasteiger partial charge in [0.05, 0.1) is 35.6 Å². The molecule has 1 aromatic carbocycles. The van der Waals surface area contributed by atoms with Gasteiger partial charge in [0.1, 0.15) is 12.2 Å². The van der Waals surface area contributed by atoms with Crippen LogP contribution in [0.3, 0.4) is 0 Å². The summed E-state index contributed by atoms with van der Waals surface area (Å²) in [6.07, 6.45) is 1.72. The summed E-state index contributed by atoms with van der Waals surface area (Å²) in [7, 11) is 1.89. The smallest absolute Gasteiger partial charge is 0.390 e. The summed E-state index contributed by atoms with van der Waals surface area (Å²) in [6, 6.07) is 13.4. The van der Waals surface area contributed by atoms with Crippen molar-refractivity contribution in [3.8, 4) is 22.4 Å². The minimum absolute atomic E-state index is 0.0764. The summed E-state index contributed by atoms with van der Waals surface area (Å²) in [4.78, 5) is 26.8. The molecule has 0 bridgehead atoms. The van der Waals surface area contributed by atoms with Gasteiger partial charge in [-0.05, 0) is 31.5 Å². The summed E-state index contributed by atoms with van der Waals surface area (Å²) in [5.41, 5.74) is 12.4. The van der Waals surface area contributed by atoms with Crippen LogP contribution in [0, 0.1) is 13.8 Å². The third kappa shape index (κ3) is 3.54. The maximum atomic E-state index is 13.4. The number of nitrogen functional groups attached to an aromatic ring is 1. The Hall–Kier alpha value is -4.31. The number of fused-ring (bicyclic) bond motifs is 1. The third-order valence-corrected chi connectivity index (χ3v) is 5.90. The topological polar surface area (TPSA) is 132 Å². The number of H-pyrrole nitrogens is 1. The van der Waals surface area contributed by atoms with Crippen molar-refractivity contribution in [1.29, 1.82) is 0 Å². The molecule has 0 radical (unpaired) electrons. The van der Waals surface area contributed by atoms with Crippen LogP contribution in [-0.2, 0) is 20.2 Å². The summed E-state index contributed by atoms with van der Waals surface area (Å²) < 4.78 is 4.76. The molecule has 5 aromatic rings. The second kappa shape index (κ2) is 8.23. The first-order valence-electron chi connectivity index (χ1n) is 10.8. The van der Waals surface area contributed by atoms with Gasteiger partial charge in [0, 0.05) is 18.3 Å². The Kier molecular flexibility index (Phi) is 5.21. The summed E-state index contributed by atoms with van der Waals surface area (Å²) >= 11 is 0. The lowest BCUT2D eigenvalue weighted by atomic mass is 9.99. The van der Waals surface area contributed by atoms with Crippen LogP contribution in [0.5, 0.6) is 0 Å². The second-order valence-corrected chi connectivity index (χ2v) is 8.26. The van der Waals surface area contributed by atoms with E-state index < -0.39 is 0 Å². The highest BCUT2D eigenvalue weighted by atomic mass is 16.3. The molecule has 0 atom stereocenters. The highest BCUT2D eigenvalue weighted by Gasteiger charge is 2.26. The van der Waals surface area contributed by atoms with Crippen molar-refractivity contribution in [2.45, 2.75) is 27.0 Å². The fourth-order valence-electron chi connectivity index (χ4n) is 4.25. The molecule has 34 heavy (non-hydrogen) atoms. The normalized spacial score (nSPS) is 11.4. The van der Waals surface area contributed by atoms with Gasteiger partial charge in [0.15, 0.2) is 0 Å². The number of hydrogen-bond acceptors (Lipinski definition) is 6. The van der Waals surface area contributed by atoms with Gasteiger partial charge < -0.3 is 15.4 Å². The monoisotopic (exact) mass is 457 g/mol. The van der Waals surface area contributed by atoms with Gasteiger partial charge in [-0.1, -0.05) is 30.3 Å². The van der Waals surface area contributed by atoms with Crippen molar-refractivity contribution < 1.29 is 9.51 Å². The van der Waals surface area contributed by atoms with E-state index in [0.717, 1.165) is 28.2 Å². The van der Waals surface area contributed by atoms with E-state index in [-0.39, 0.29) is 18.2 Å². The van der Waals surface area contributed by atoms with E-state index in [0.29, 0.717) is 29.1 Å². The first-order valence-corrected chi connectivity index (χ1v) is 10.8. The Bertz CT molecular complexity index is 1560. The number of anilines is 1. The Labute approximate surface area is 195 Å². The molecule has 0 saturated carbocycles. The molecule has 0 unspecified atom stereocenters. The van der Waals surface area contributed by atoms with E-state index in [2.05, 4.69) is 20.1 Å². The predicted octanol–water partition coefficient (Wildman–Crippen LogP) is 1.51. The second-order valence-electron chi connectivity index (χ2n) is 8.26.